The van der Waals surface area contributed by atoms with E-state index in [9.17, 15) is 4.79 Å². The fraction of sp³-hybridized carbons (Fsp3) is 0.318. The van der Waals surface area contributed by atoms with Crippen molar-refractivity contribution in [2.75, 3.05) is 5.73 Å². The van der Waals surface area contributed by atoms with Gasteiger partial charge in [-0.25, -0.2) is 4.79 Å². The third-order valence-electron chi connectivity index (χ3n) is 3.65. The Labute approximate surface area is 160 Å². The monoisotopic (exact) mass is 368 g/mol. The summed E-state index contributed by atoms with van der Waals surface area (Å²) in [6.07, 6.45) is 1.22. The van der Waals surface area contributed by atoms with Crippen molar-refractivity contribution in [1.29, 1.82) is 0 Å². The summed E-state index contributed by atoms with van der Waals surface area (Å²) in [5.74, 6) is 0. The van der Waals surface area contributed by atoms with Gasteiger partial charge in [0.1, 0.15) is 11.2 Å². The lowest BCUT2D eigenvalue weighted by molar-refractivity contribution is 0.0523. The first kappa shape index (κ1) is 20.4. The van der Waals surface area contributed by atoms with Gasteiger partial charge in [0.05, 0.1) is 6.26 Å². The SMILES string of the molecule is CC.CC(C)(C)OC(=O)NCc1cccc(-c2cc(N)cc3ccoc23)c1. The van der Waals surface area contributed by atoms with E-state index >= 15 is 0 Å². The van der Waals surface area contributed by atoms with Crippen molar-refractivity contribution in [2.24, 2.45) is 0 Å². The van der Waals surface area contributed by atoms with Crippen molar-refractivity contribution >= 4 is 22.7 Å². The second-order valence-corrected chi connectivity index (χ2v) is 6.96. The molecule has 5 nitrogen and oxygen atoms in total. The largest absolute Gasteiger partial charge is 0.464 e. The Kier molecular flexibility index (Phi) is 6.50. The van der Waals surface area contributed by atoms with Crippen LogP contribution in [0.5, 0.6) is 0 Å². The number of nitrogens with one attached hydrogen (secondary N) is 1. The molecule has 0 fully saturated rings. The number of amides is 1. The van der Waals surface area contributed by atoms with E-state index in [-0.39, 0.29) is 0 Å². The van der Waals surface area contributed by atoms with E-state index in [0.717, 1.165) is 27.7 Å². The number of carbonyl (C=O) groups excluding carboxylic acids is 1. The summed E-state index contributed by atoms with van der Waals surface area (Å²) in [5, 5.41) is 3.73. The summed E-state index contributed by atoms with van der Waals surface area (Å²) in [5.41, 5.74) is 9.84. The van der Waals surface area contributed by atoms with Crippen molar-refractivity contribution < 1.29 is 13.9 Å². The van der Waals surface area contributed by atoms with E-state index in [0.29, 0.717) is 12.2 Å². The highest BCUT2D eigenvalue weighted by atomic mass is 16.6. The molecular weight excluding hydrogens is 340 g/mol. The molecule has 3 N–H and O–H groups in total. The molecule has 144 valence electrons. The molecule has 0 unspecified atom stereocenters. The van der Waals surface area contributed by atoms with Gasteiger partial charge in [0, 0.05) is 23.2 Å². The number of hydrogen-bond acceptors (Lipinski definition) is 4. The van der Waals surface area contributed by atoms with Crippen molar-refractivity contribution in [2.45, 2.75) is 46.8 Å². The van der Waals surface area contributed by atoms with Gasteiger partial charge in [0.2, 0.25) is 0 Å². The Morgan fingerprint density at radius 1 is 1.15 bits per heavy atom. The lowest BCUT2D eigenvalue weighted by Gasteiger charge is -2.19. The zero-order chi connectivity index (χ0) is 20.0. The Bertz CT molecular complexity index is 907. The average Bonchev–Trinajstić information content (AvgIpc) is 3.08. The van der Waals surface area contributed by atoms with Crippen LogP contribution >= 0.6 is 0 Å². The summed E-state index contributed by atoms with van der Waals surface area (Å²) in [7, 11) is 0. The van der Waals surface area contributed by atoms with Gasteiger partial charge >= 0.3 is 6.09 Å². The number of nitrogen functional groups attached to an aromatic ring is 1. The fourth-order valence-corrected chi connectivity index (χ4v) is 2.66. The molecule has 0 saturated carbocycles. The first-order valence-electron chi connectivity index (χ1n) is 9.15. The highest BCUT2D eigenvalue weighted by Crippen LogP contribution is 2.32. The van der Waals surface area contributed by atoms with E-state index in [1.807, 2.05) is 77.1 Å². The predicted octanol–water partition coefficient (Wildman–Crippen LogP) is 5.73. The van der Waals surface area contributed by atoms with Gasteiger partial charge in [0.25, 0.3) is 0 Å². The lowest BCUT2D eigenvalue weighted by Crippen LogP contribution is -2.32. The molecule has 1 heterocycles. The van der Waals surface area contributed by atoms with Crippen LogP contribution in [-0.4, -0.2) is 11.7 Å². The highest BCUT2D eigenvalue weighted by molar-refractivity contribution is 5.95. The highest BCUT2D eigenvalue weighted by Gasteiger charge is 2.16. The fourth-order valence-electron chi connectivity index (χ4n) is 2.66. The van der Waals surface area contributed by atoms with Crippen molar-refractivity contribution in [3.63, 3.8) is 0 Å². The van der Waals surface area contributed by atoms with Crippen molar-refractivity contribution in [1.82, 2.24) is 5.32 Å². The molecule has 0 spiro atoms. The van der Waals surface area contributed by atoms with E-state index in [2.05, 4.69) is 5.32 Å². The van der Waals surface area contributed by atoms with E-state index < -0.39 is 11.7 Å². The molecule has 0 saturated heterocycles. The van der Waals surface area contributed by atoms with Crippen LogP contribution in [0.1, 0.15) is 40.2 Å². The molecule has 0 aliphatic heterocycles. The van der Waals surface area contributed by atoms with Gasteiger partial charge in [-0.05, 0) is 56.2 Å². The van der Waals surface area contributed by atoms with Gasteiger partial charge < -0.3 is 20.2 Å². The number of nitrogens with two attached hydrogens (primary N) is 1. The Morgan fingerprint density at radius 2 is 1.89 bits per heavy atom. The molecule has 5 heteroatoms. The van der Waals surface area contributed by atoms with Crippen LogP contribution in [0.2, 0.25) is 0 Å². The Morgan fingerprint density at radius 3 is 2.59 bits per heavy atom. The standard InChI is InChI=1S/C20H22N2O3.C2H6/c1-20(2,3)25-19(23)22-12-13-5-4-6-14(9-13)17-11-16(21)10-15-7-8-24-18(15)17;1-2/h4-11H,12,21H2,1-3H3,(H,22,23);1-2H3. The van der Waals surface area contributed by atoms with Gasteiger partial charge in [0.15, 0.2) is 0 Å². The summed E-state index contributed by atoms with van der Waals surface area (Å²) < 4.78 is 10.9. The molecule has 0 radical (unpaired) electrons. The summed E-state index contributed by atoms with van der Waals surface area (Å²) in [6, 6.07) is 13.6. The number of alkyl carbamates (subject to hydrolysis) is 1. The van der Waals surface area contributed by atoms with Crippen LogP contribution in [0, 0.1) is 0 Å². The molecule has 0 aliphatic rings. The van der Waals surface area contributed by atoms with Crippen LogP contribution < -0.4 is 11.1 Å². The molecule has 1 amide bonds. The van der Waals surface area contributed by atoms with E-state index in [4.69, 9.17) is 14.9 Å². The minimum Gasteiger partial charge on any atom is -0.464 e. The molecule has 3 rings (SSSR count). The molecule has 0 aliphatic carbocycles. The number of rotatable bonds is 3. The predicted molar refractivity (Wildman–Crippen MR) is 110 cm³/mol. The number of furan rings is 1. The second kappa shape index (κ2) is 8.62. The molecule has 0 bridgehead atoms. The lowest BCUT2D eigenvalue weighted by atomic mass is 10.0. The number of benzene rings is 2. The third-order valence-corrected chi connectivity index (χ3v) is 3.65. The van der Waals surface area contributed by atoms with Crippen molar-refractivity contribution in [3.05, 3.63) is 54.3 Å². The third kappa shape index (κ3) is 5.51. The molecule has 1 aromatic heterocycles. The molecule has 27 heavy (non-hydrogen) atoms. The zero-order valence-electron chi connectivity index (χ0n) is 16.6. The van der Waals surface area contributed by atoms with Gasteiger partial charge in [-0.1, -0.05) is 32.0 Å². The smallest absolute Gasteiger partial charge is 0.407 e. The number of carbonyl (C=O) groups is 1. The average molecular weight is 368 g/mol. The minimum absolute atomic E-state index is 0.381. The summed E-state index contributed by atoms with van der Waals surface area (Å²) in [4.78, 5) is 11.8. The van der Waals surface area contributed by atoms with E-state index in [1.54, 1.807) is 6.26 Å². The quantitative estimate of drug-likeness (QED) is 0.579. The molecule has 0 atom stereocenters. The maximum atomic E-state index is 11.8. The molecular formula is C22H28N2O3. The van der Waals surface area contributed by atoms with Gasteiger partial charge in [-0.15, -0.1) is 0 Å². The number of hydrogen-bond donors (Lipinski definition) is 2. The summed E-state index contributed by atoms with van der Waals surface area (Å²) in [6.45, 7) is 9.89. The van der Waals surface area contributed by atoms with Crippen LogP contribution in [0.4, 0.5) is 10.5 Å². The summed E-state index contributed by atoms with van der Waals surface area (Å²) >= 11 is 0. The van der Waals surface area contributed by atoms with E-state index in [1.165, 1.54) is 0 Å². The number of anilines is 1. The number of fused-ring (bicyclic) bond motifs is 1. The first-order chi connectivity index (χ1) is 12.8. The molecule has 3 aromatic rings. The van der Waals surface area contributed by atoms with Crippen LogP contribution in [-0.2, 0) is 11.3 Å². The second-order valence-electron chi connectivity index (χ2n) is 6.96. The van der Waals surface area contributed by atoms with Gasteiger partial charge in [-0.2, -0.15) is 0 Å². The maximum absolute atomic E-state index is 11.8. The number of ether oxygens (including phenoxy) is 1. The van der Waals surface area contributed by atoms with Crippen LogP contribution in [0.3, 0.4) is 0 Å². The Balaban J connectivity index is 0.00000126. The van der Waals surface area contributed by atoms with Gasteiger partial charge in [-0.3, -0.25) is 0 Å². The Hall–Kier alpha value is -2.95. The van der Waals surface area contributed by atoms with Crippen molar-refractivity contribution in [3.8, 4) is 11.1 Å². The van der Waals surface area contributed by atoms with Crippen LogP contribution in [0.15, 0.2) is 53.1 Å². The minimum atomic E-state index is -0.515. The topological polar surface area (TPSA) is 77.5 Å². The van der Waals surface area contributed by atoms with Crippen LogP contribution in [0.25, 0.3) is 22.1 Å². The molecule has 2 aromatic carbocycles. The first-order valence-corrected chi connectivity index (χ1v) is 9.15. The zero-order valence-corrected chi connectivity index (χ0v) is 16.6. The maximum Gasteiger partial charge on any atom is 0.407 e. The normalized spacial score (nSPS) is 10.9.